The molecule has 1 unspecified atom stereocenters. The minimum Gasteiger partial charge on any atom is -0.350 e. The van der Waals surface area contributed by atoms with E-state index in [1.54, 1.807) is 6.92 Å². The quantitative estimate of drug-likeness (QED) is 0.626. The lowest BCUT2D eigenvalue weighted by Gasteiger charge is -2.14. The van der Waals surface area contributed by atoms with Gasteiger partial charge in [0.25, 0.3) is 11.6 Å². The third kappa shape index (κ3) is 4.64. The van der Waals surface area contributed by atoms with E-state index in [2.05, 4.69) is 10.6 Å². The van der Waals surface area contributed by atoms with Gasteiger partial charge in [0.2, 0.25) is 5.91 Å². The molecule has 24 heavy (non-hydrogen) atoms. The largest absolute Gasteiger partial charge is 0.350 e. The Kier molecular flexibility index (Phi) is 5.62. The van der Waals surface area contributed by atoms with Gasteiger partial charge in [0, 0.05) is 24.2 Å². The summed E-state index contributed by atoms with van der Waals surface area (Å²) in [6.07, 6.45) is 0. The van der Waals surface area contributed by atoms with Gasteiger partial charge >= 0.3 is 0 Å². The molecule has 0 aliphatic rings. The minimum atomic E-state index is -0.726. The molecule has 1 atom stereocenters. The summed E-state index contributed by atoms with van der Waals surface area (Å²) in [5.74, 6) is -0.777. The molecule has 2 N–H and O–H groups in total. The topological polar surface area (TPSA) is 101 Å². The molecule has 2 amide bonds. The number of hydrogen-bond donors (Lipinski definition) is 2. The van der Waals surface area contributed by atoms with Crippen LogP contribution in [0.5, 0.6) is 0 Å². The summed E-state index contributed by atoms with van der Waals surface area (Å²) in [4.78, 5) is 34.1. The number of non-ortho nitro benzene ring substituents is 1. The van der Waals surface area contributed by atoms with Crippen molar-refractivity contribution in [1.82, 2.24) is 10.6 Å². The summed E-state index contributed by atoms with van der Waals surface area (Å²) < 4.78 is 0. The van der Waals surface area contributed by atoms with Gasteiger partial charge in [-0.1, -0.05) is 30.3 Å². The third-order valence-corrected chi connectivity index (χ3v) is 3.39. The second-order valence-electron chi connectivity index (χ2n) is 5.20. The summed E-state index contributed by atoms with van der Waals surface area (Å²) in [6, 6.07) is 13.9. The highest BCUT2D eigenvalue weighted by molar-refractivity contribution is 5.97. The first-order valence-corrected chi connectivity index (χ1v) is 7.34. The van der Waals surface area contributed by atoms with Crippen LogP contribution < -0.4 is 10.6 Å². The standard InChI is InChI=1S/C17H17N3O4/c1-12(16(21)18-11-13-5-3-2-4-6-13)19-17(22)14-7-9-15(10-8-14)20(23)24/h2-10,12H,11H2,1H3,(H,18,21)(H,19,22). The molecule has 2 aromatic rings. The van der Waals surface area contributed by atoms with E-state index in [9.17, 15) is 19.7 Å². The number of nitrogens with zero attached hydrogens (tertiary/aromatic N) is 1. The van der Waals surface area contributed by atoms with E-state index < -0.39 is 16.9 Å². The number of nitrogens with one attached hydrogen (secondary N) is 2. The van der Waals surface area contributed by atoms with Crippen molar-refractivity contribution < 1.29 is 14.5 Å². The van der Waals surface area contributed by atoms with Gasteiger partial charge in [-0.2, -0.15) is 0 Å². The van der Waals surface area contributed by atoms with Gasteiger partial charge in [-0.15, -0.1) is 0 Å². The average molecular weight is 327 g/mol. The zero-order valence-electron chi connectivity index (χ0n) is 13.1. The Labute approximate surface area is 138 Å². The first-order valence-electron chi connectivity index (χ1n) is 7.34. The van der Waals surface area contributed by atoms with E-state index in [1.165, 1.54) is 24.3 Å². The van der Waals surface area contributed by atoms with Crippen molar-refractivity contribution in [2.75, 3.05) is 0 Å². The Bertz CT molecular complexity index is 729. The fourth-order valence-electron chi connectivity index (χ4n) is 2.02. The lowest BCUT2D eigenvalue weighted by Crippen LogP contribution is -2.44. The molecule has 7 nitrogen and oxygen atoms in total. The Hall–Kier alpha value is -3.22. The highest BCUT2D eigenvalue weighted by Crippen LogP contribution is 2.11. The molecule has 7 heteroatoms. The lowest BCUT2D eigenvalue weighted by molar-refractivity contribution is -0.384. The number of nitro benzene ring substituents is 1. The van der Waals surface area contributed by atoms with Crippen LogP contribution in [0.1, 0.15) is 22.8 Å². The van der Waals surface area contributed by atoms with E-state index in [4.69, 9.17) is 0 Å². The van der Waals surface area contributed by atoms with Crippen molar-refractivity contribution in [2.24, 2.45) is 0 Å². The smallest absolute Gasteiger partial charge is 0.269 e. The zero-order chi connectivity index (χ0) is 17.5. The molecule has 2 rings (SSSR count). The fourth-order valence-corrected chi connectivity index (χ4v) is 2.02. The van der Waals surface area contributed by atoms with Gasteiger partial charge in [-0.25, -0.2) is 0 Å². The van der Waals surface area contributed by atoms with Gasteiger partial charge in [0.05, 0.1) is 4.92 Å². The average Bonchev–Trinajstić information content (AvgIpc) is 2.60. The van der Waals surface area contributed by atoms with E-state index in [0.717, 1.165) is 5.56 Å². The number of carbonyl (C=O) groups excluding carboxylic acids is 2. The third-order valence-electron chi connectivity index (χ3n) is 3.39. The summed E-state index contributed by atoms with van der Waals surface area (Å²) in [5.41, 5.74) is 1.11. The van der Waals surface area contributed by atoms with E-state index >= 15 is 0 Å². The molecule has 0 aliphatic carbocycles. The Morgan fingerprint density at radius 2 is 1.71 bits per heavy atom. The van der Waals surface area contributed by atoms with Gasteiger partial charge in [-0.3, -0.25) is 19.7 Å². The first kappa shape index (κ1) is 17.1. The van der Waals surface area contributed by atoms with Crippen molar-refractivity contribution in [2.45, 2.75) is 19.5 Å². The van der Waals surface area contributed by atoms with Crippen LogP contribution >= 0.6 is 0 Å². The Balaban J connectivity index is 1.88. The van der Waals surface area contributed by atoms with Crippen LogP contribution in [0, 0.1) is 10.1 Å². The molecule has 0 saturated heterocycles. The van der Waals surface area contributed by atoms with E-state index in [1.807, 2.05) is 30.3 Å². The van der Waals surface area contributed by atoms with Crippen LogP contribution in [0.4, 0.5) is 5.69 Å². The lowest BCUT2D eigenvalue weighted by atomic mass is 10.1. The number of amides is 2. The van der Waals surface area contributed by atoms with Crippen LogP contribution in [0.25, 0.3) is 0 Å². The predicted octanol–water partition coefficient (Wildman–Crippen LogP) is 2.03. The van der Waals surface area contributed by atoms with Crippen molar-refractivity contribution in [1.29, 1.82) is 0 Å². The summed E-state index contributed by atoms with van der Waals surface area (Å²) >= 11 is 0. The number of hydrogen-bond acceptors (Lipinski definition) is 4. The minimum absolute atomic E-state index is 0.0970. The highest BCUT2D eigenvalue weighted by atomic mass is 16.6. The first-order chi connectivity index (χ1) is 11.5. The van der Waals surface area contributed by atoms with E-state index in [-0.39, 0.29) is 17.2 Å². The van der Waals surface area contributed by atoms with Crippen LogP contribution in [0.3, 0.4) is 0 Å². The summed E-state index contributed by atoms with van der Waals surface area (Å²) in [5, 5.41) is 15.9. The highest BCUT2D eigenvalue weighted by Gasteiger charge is 2.17. The molecule has 0 fully saturated rings. The SMILES string of the molecule is CC(NC(=O)c1ccc([N+](=O)[O-])cc1)C(=O)NCc1ccccc1. The summed E-state index contributed by atoms with van der Waals surface area (Å²) in [6.45, 7) is 1.95. The molecule has 124 valence electrons. The molecule has 0 radical (unpaired) electrons. The maximum Gasteiger partial charge on any atom is 0.269 e. The van der Waals surface area contributed by atoms with Crippen LogP contribution in [0.2, 0.25) is 0 Å². The molecule has 0 saturated carbocycles. The number of nitro groups is 1. The van der Waals surface area contributed by atoms with Gasteiger partial charge in [0.15, 0.2) is 0 Å². The summed E-state index contributed by atoms with van der Waals surface area (Å²) in [7, 11) is 0. The molecular weight excluding hydrogens is 310 g/mol. The molecular formula is C17H17N3O4. The monoisotopic (exact) mass is 327 g/mol. The normalized spacial score (nSPS) is 11.4. The van der Waals surface area contributed by atoms with Gasteiger partial charge < -0.3 is 10.6 Å². The molecule has 0 aromatic heterocycles. The maximum atomic E-state index is 12.1. The number of rotatable bonds is 6. The van der Waals surface area contributed by atoms with E-state index in [0.29, 0.717) is 6.54 Å². The molecule has 2 aromatic carbocycles. The Morgan fingerprint density at radius 1 is 1.08 bits per heavy atom. The van der Waals surface area contributed by atoms with Crippen molar-refractivity contribution >= 4 is 17.5 Å². The predicted molar refractivity (Wildman–Crippen MR) is 88.3 cm³/mol. The molecule has 0 spiro atoms. The van der Waals surface area contributed by atoms with Gasteiger partial charge in [-0.05, 0) is 24.6 Å². The molecule has 0 bridgehead atoms. The second-order valence-corrected chi connectivity index (χ2v) is 5.20. The second kappa shape index (κ2) is 7.87. The van der Waals surface area contributed by atoms with Crippen molar-refractivity contribution in [3.8, 4) is 0 Å². The maximum absolute atomic E-state index is 12.1. The fraction of sp³-hybridized carbons (Fsp3) is 0.176. The molecule has 0 heterocycles. The van der Waals surface area contributed by atoms with Crippen LogP contribution in [-0.2, 0) is 11.3 Å². The van der Waals surface area contributed by atoms with Crippen LogP contribution in [0.15, 0.2) is 54.6 Å². The number of benzene rings is 2. The van der Waals surface area contributed by atoms with Gasteiger partial charge in [0.1, 0.15) is 6.04 Å². The number of carbonyl (C=O) groups is 2. The van der Waals surface area contributed by atoms with Crippen molar-refractivity contribution in [3.05, 3.63) is 75.8 Å². The van der Waals surface area contributed by atoms with Crippen molar-refractivity contribution in [3.63, 3.8) is 0 Å². The molecule has 0 aliphatic heterocycles. The van der Waals surface area contributed by atoms with Crippen LogP contribution in [-0.4, -0.2) is 22.8 Å². The zero-order valence-corrected chi connectivity index (χ0v) is 13.1. The Morgan fingerprint density at radius 3 is 2.29 bits per heavy atom.